The van der Waals surface area contributed by atoms with Gasteiger partial charge in [0.05, 0.1) is 33.6 Å². The van der Waals surface area contributed by atoms with Gasteiger partial charge in [-0.25, -0.2) is 0 Å². The van der Waals surface area contributed by atoms with E-state index in [4.69, 9.17) is 11.5 Å². The molecule has 4 aromatic carbocycles. The van der Waals surface area contributed by atoms with Crippen molar-refractivity contribution in [3.8, 4) is 0 Å². The maximum absolute atomic E-state index is 13.9. The van der Waals surface area contributed by atoms with Crippen LogP contribution in [-0.4, -0.2) is 11.6 Å². The van der Waals surface area contributed by atoms with Crippen LogP contribution in [0.25, 0.3) is 0 Å². The van der Waals surface area contributed by atoms with Gasteiger partial charge in [-0.3, -0.25) is 9.59 Å². The fourth-order valence-electron chi connectivity index (χ4n) is 4.85. The Morgan fingerprint density at radius 2 is 0.861 bits per heavy atom. The maximum atomic E-state index is 13.9. The van der Waals surface area contributed by atoms with Gasteiger partial charge in [-0.1, -0.05) is 35.4 Å². The van der Waals surface area contributed by atoms with E-state index in [1.807, 2.05) is 64.1 Å². The summed E-state index contributed by atoms with van der Waals surface area (Å²) in [5, 5.41) is 6.76. The molecule has 0 radical (unpaired) electrons. The summed E-state index contributed by atoms with van der Waals surface area (Å²) in [5.74, 6) is -0.665. The minimum atomic E-state index is -0.332. The lowest BCUT2D eigenvalue weighted by Gasteiger charge is -2.26. The standard InChI is InChI=1S/C30H28N4O2/c1-15-5-9-21(17(3)13-15)33-23-11-12-24(34-22-10-6-16(2)14-18(22)4)28-27(23)29(35)25-19(31)7-8-20(32)26(25)30(28)36/h5-14,33-34H,31-32H2,1-4H3. The Hall–Kier alpha value is -4.58. The zero-order valence-electron chi connectivity index (χ0n) is 20.7. The van der Waals surface area contributed by atoms with E-state index in [0.717, 1.165) is 33.6 Å². The topological polar surface area (TPSA) is 110 Å². The largest absolute Gasteiger partial charge is 0.398 e. The van der Waals surface area contributed by atoms with Gasteiger partial charge < -0.3 is 22.1 Å². The molecule has 0 aliphatic heterocycles. The highest BCUT2D eigenvalue weighted by molar-refractivity contribution is 6.35. The van der Waals surface area contributed by atoms with E-state index in [2.05, 4.69) is 22.8 Å². The number of anilines is 6. The lowest BCUT2D eigenvalue weighted by molar-refractivity contribution is 0.0981. The molecule has 1 aliphatic rings. The van der Waals surface area contributed by atoms with Crippen LogP contribution in [0, 0.1) is 27.7 Å². The van der Waals surface area contributed by atoms with Gasteiger partial charge in [0.1, 0.15) is 0 Å². The van der Waals surface area contributed by atoms with Gasteiger partial charge >= 0.3 is 0 Å². The summed E-state index contributed by atoms with van der Waals surface area (Å²) in [6.45, 7) is 8.05. The molecular weight excluding hydrogens is 448 g/mol. The molecule has 0 spiro atoms. The highest BCUT2D eigenvalue weighted by Gasteiger charge is 2.37. The smallest absolute Gasteiger partial charge is 0.198 e. The number of nitrogen functional groups attached to an aromatic ring is 2. The molecule has 0 aromatic heterocycles. The van der Waals surface area contributed by atoms with Crippen LogP contribution in [0.2, 0.25) is 0 Å². The summed E-state index contributed by atoms with van der Waals surface area (Å²) in [6, 6.07) is 18.8. The van der Waals surface area contributed by atoms with E-state index in [1.54, 1.807) is 12.1 Å². The Bertz CT molecular complexity index is 1470. The molecule has 0 fully saturated rings. The van der Waals surface area contributed by atoms with Crippen molar-refractivity contribution in [3.63, 3.8) is 0 Å². The first kappa shape index (κ1) is 23.2. The van der Waals surface area contributed by atoms with Crippen molar-refractivity contribution < 1.29 is 9.59 Å². The first-order valence-electron chi connectivity index (χ1n) is 11.8. The minimum Gasteiger partial charge on any atom is -0.398 e. The van der Waals surface area contributed by atoms with Crippen LogP contribution in [0.15, 0.2) is 60.7 Å². The monoisotopic (exact) mass is 476 g/mol. The number of fused-ring (bicyclic) bond motifs is 2. The number of benzene rings is 4. The lowest BCUT2D eigenvalue weighted by atomic mass is 9.80. The first-order valence-corrected chi connectivity index (χ1v) is 11.8. The Morgan fingerprint density at radius 1 is 0.500 bits per heavy atom. The molecule has 36 heavy (non-hydrogen) atoms. The molecule has 0 atom stereocenters. The number of hydrogen-bond donors (Lipinski definition) is 4. The highest BCUT2D eigenvalue weighted by Crippen LogP contribution is 2.42. The second-order valence-electron chi connectivity index (χ2n) is 9.45. The van der Waals surface area contributed by atoms with E-state index >= 15 is 0 Å². The molecule has 6 N–H and O–H groups in total. The van der Waals surface area contributed by atoms with Crippen molar-refractivity contribution in [3.05, 3.63) is 105 Å². The summed E-state index contributed by atoms with van der Waals surface area (Å²) in [6.07, 6.45) is 0. The molecule has 0 bridgehead atoms. The molecule has 1 aliphatic carbocycles. The van der Waals surface area contributed by atoms with Gasteiger partial charge in [0.15, 0.2) is 11.6 Å². The van der Waals surface area contributed by atoms with Crippen LogP contribution in [0.1, 0.15) is 54.1 Å². The molecule has 0 saturated carbocycles. The van der Waals surface area contributed by atoms with E-state index in [1.165, 1.54) is 0 Å². The Labute approximate surface area is 210 Å². The van der Waals surface area contributed by atoms with Crippen LogP contribution in [0.5, 0.6) is 0 Å². The number of hydrogen-bond acceptors (Lipinski definition) is 6. The SMILES string of the molecule is Cc1ccc(Nc2ccc(Nc3ccc(C)cc3C)c3c2C(=O)c2c(N)ccc(N)c2C3=O)c(C)c1. The summed E-state index contributed by atoms with van der Waals surface area (Å²) in [7, 11) is 0. The third kappa shape index (κ3) is 3.77. The number of rotatable bonds is 4. The molecule has 4 aromatic rings. The molecule has 6 heteroatoms. The predicted octanol–water partition coefficient (Wildman–Crippen LogP) is 6.35. The van der Waals surface area contributed by atoms with Crippen molar-refractivity contribution in [2.45, 2.75) is 27.7 Å². The van der Waals surface area contributed by atoms with Crippen LogP contribution < -0.4 is 22.1 Å². The van der Waals surface area contributed by atoms with E-state index in [0.29, 0.717) is 11.4 Å². The molecular formula is C30H28N4O2. The van der Waals surface area contributed by atoms with E-state index in [-0.39, 0.29) is 45.2 Å². The summed E-state index contributed by atoms with van der Waals surface area (Å²) in [4.78, 5) is 27.9. The van der Waals surface area contributed by atoms with E-state index in [9.17, 15) is 9.59 Å². The Balaban J connectivity index is 1.72. The van der Waals surface area contributed by atoms with Crippen LogP contribution >= 0.6 is 0 Å². The molecule has 5 rings (SSSR count). The normalized spacial score (nSPS) is 12.2. The van der Waals surface area contributed by atoms with Crippen molar-refractivity contribution in [2.75, 3.05) is 22.1 Å². The fraction of sp³-hybridized carbons (Fsp3) is 0.133. The number of carbonyl (C=O) groups excluding carboxylic acids is 2. The second kappa shape index (κ2) is 8.57. The average Bonchev–Trinajstić information content (AvgIpc) is 2.83. The van der Waals surface area contributed by atoms with Gasteiger partial charge in [0, 0.05) is 22.7 Å². The molecule has 0 unspecified atom stereocenters. The lowest BCUT2D eigenvalue weighted by Crippen LogP contribution is -2.26. The Morgan fingerprint density at radius 3 is 1.22 bits per heavy atom. The predicted molar refractivity (Wildman–Crippen MR) is 147 cm³/mol. The quantitative estimate of drug-likeness (QED) is 0.225. The Kier molecular flexibility index (Phi) is 5.52. The molecule has 180 valence electrons. The second-order valence-corrected chi connectivity index (χ2v) is 9.45. The summed E-state index contributed by atoms with van der Waals surface area (Å²) in [5.41, 5.74) is 20.8. The highest BCUT2D eigenvalue weighted by atomic mass is 16.1. The minimum absolute atomic E-state index is 0.153. The van der Waals surface area contributed by atoms with Crippen LogP contribution in [0.3, 0.4) is 0 Å². The zero-order valence-corrected chi connectivity index (χ0v) is 20.7. The fourth-order valence-corrected chi connectivity index (χ4v) is 4.85. The van der Waals surface area contributed by atoms with Gasteiger partial charge in [0.2, 0.25) is 0 Å². The number of nitrogens with one attached hydrogen (secondary N) is 2. The maximum Gasteiger partial charge on any atom is 0.198 e. The van der Waals surface area contributed by atoms with Crippen molar-refractivity contribution in [1.29, 1.82) is 0 Å². The van der Waals surface area contributed by atoms with Gasteiger partial charge in [-0.05, 0) is 75.2 Å². The molecule has 0 amide bonds. The van der Waals surface area contributed by atoms with E-state index < -0.39 is 0 Å². The van der Waals surface area contributed by atoms with Gasteiger partial charge in [0.25, 0.3) is 0 Å². The third-order valence-electron chi connectivity index (χ3n) is 6.69. The third-order valence-corrected chi connectivity index (χ3v) is 6.69. The molecule has 6 nitrogen and oxygen atoms in total. The van der Waals surface area contributed by atoms with Crippen LogP contribution in [0.4, 0.5) is 34.1 Å². The van der Waals surface area contributed by atoms with Crippen molar-refractivity contribution in [2.24, 2.45) is 0 Å². The first-order chi connectivity index (χ1) is 17.2. The number of ketones is 2. The van der Waals surface area contributed by atoms with Gasteiger partial charge in [-0.15, -0.1) is 0 Å². The summed E-state index contributed by atoms with van der Waals surface area (Å²) >= 11 is 0. The average molecular weight is 477 g/mol. The molecule has 0 heterocycles. The number of aryl methyl sites for hydroxylation is 4. The number of nitrogens with two attached hydrogens (primary N) is 2. The summed E-state index contributed by atoms with van der Waals surface area (Å²) < 4.78 is 0. The van der Waals surface area contributed by atoms with Gasteiger partial charge in [-0.2, -0.15) is 0 Å². The zero-order chi connectivity index (χ0) is 25.7. The van der Waals surface area contributed by atoms with Crippen molar-refractivity contribution in [1.82, 2.24) is 0 Å². The molecule has 0 saturated heterocycles. The van der Waals surface area contributed by atoms with Crippen molar-refractivity contribution >= 4 is 45.7 Å². The van der Waals surface area contributed by atoms with Crippen LogP contribution in [-0.2, 0) is 0 Å². The number of carbonyl (C=O) groups is 2.